The van der Waals surface area contributed by atoms with Gasteiger partial charge in [0.25, 0.3) is 0 Å². The SMILES string of the molecule is CNC(CSC(C)C(C)O)C12CC3CC(CC(C3)C1)C2. The van der Waals surface area contributed by atoms with E-state index in [1.54, 1.807) is 0 Å². The maximum absolute atomic E-state index is 9.70. The number of rotatable bonds is 6. The molecule has 2 nitrogen and oxygen atoms in total. The van der Waals surface area contributed by atoms with Crippen molar-refractivity contribution >= 4 is 11.8 Å². The van der Waals surface area contributed by atoms with E-state index in [0.717, 1.165) is 23.5 Å². The van der Waals surface area contributed by atoms with E-state index >= 15 is 0 Å². The van der Waals surface area contributed by atoms with Gasteiger partial charge in [-0.25, -0.2) is 0 Å². The highest BCUT2D eigenvalue weighted by molar-refractivity contribution is 7.99. The summed E-state index contributed by atoms with van der Waals surface area (Å²) in [4.78, 5) is 0. The van der Waals surface area contributed by atoms with E-state index in [1.165, 1.54) is 38.5 Å². The highest BCUT2D eigenvalue weighted by Gasteiger charge is 2.53. The molecule has 0 saturated heterocycles. The number of aliphatic hydroxyl groups excluding tert-OH is 1. The van der Waals surface area contributed by atoms with Gasteiger partial charge in [0.05, 0.1) is 6.10 Å². The van der Waals surface area contributed by atoms with E-state index < -0.39 is 0 Å². The van der Waals surface area contributed by atoms with Crippen molar-refractivity contribution in [3.05, 3.63) is 0 Å². The summed E-state index contributed by atoms with van der Waals surface area (Å²) in [6, 6.07) is 0.641. The Morgan fingerprint density at radius 2 is 1.60 bits per heavy atom. The van der Waals surface area contributed by atoms with E-state index in [1.807, 2.05) is 18.7 Å². The molecule has 3 unspecified atom stereocenters. The van der Waals surface area contributed by atoms with Crippen LogP contribution in [0.5, 0.6) is 0 Å². The average molecular weight is 298 g/mol. The third-order valence-electron chi connectivity index (χ3n) is 6.38. The normalized spacial score (nSPS) is 43.5. The monoisotopic (exact) mass is 297 g/mol. The third kappa shape index (κ3) is 2.78. The van der Waals surface area contributed by atoms with E-state index in [4.69, 9.17) is 0 Å². The summed E-state index contributed by atoms with van der Waals surface area (Å²) in [6.07, 6.45) is 8.76. The second-order valence-corrected chi connectivity index (χ2v) is 9.31. The van der Waals surface area contributed by atoms with Gasteiger partial charge in [-0.1, -0.05) is 6.92 Å². The van der Waals surface area contributed by atoms with Crippen LogP contribution in [0.3, 0.4) is 0 Å². The minimum Gasteiger partial charge on any atom is -0.392 e. The molecule has 4 saturated carbocycles. The molecule has 0 amide bonds. The average Bonchev–Trinajstić information content (AvgIpc) is 2.37. The number of hydrogen-bond acceptors (Lipinski definition) is 3. The molecule has 4 aliphatic rings. The lowest BCUT2D eigenvalue weighted by atomic mass is 9.48. The molecule has 4 bridgehead atoms. The van der Waals surface area contributed by atoms with Gasteiger partial charge in [0.2, 0.25) is 0 Å². The van der Waals surface area contributed by atoms with E-state index in [2.05, 4.69) is 19.3 Å². The van der Waals surface area contributed by atoms with Gasteiger partial charge in [0.1, 0.15) is 0 Å². The molecule has 4 aliphatic carbocycles. The molecule has 2 N–H and O–H groups in total. The first-order chi connectivity index (χ1) is 9.52. The summed E-state index contributed by atoms with van der Waals surface area (Å²) >= 11 is 1.95. The Kier molecular flexibility index (Phi) is 4.41. The fraction of sp³-hybridized carbons (Fsp3) is 1.00. The molecular formula is C17H31NOS. The smallest absolute Gasteiger partial charge is 0.0628 e. The fourth-order valence-corrected chi connectivity index (χ4v) is 6.85. The van der Waals surface area contributed by atoms with Crippen LogP contribution in [0.15, 0.2) is 0 Å². The molecule has 0 aromatic carbocycles. The van der Waals surface area contributed by atoms with E-state index in [9.17, 15) is 5.11 Å². The number of nitrogens with one attached hydrogen (secondary N) is 1. The van der Waals surface area contributed by atoms with Crippen molar-refractivity contribution in [3.63, 3.8) is 0 Å². The molecule has 0 heterocycles. The standard InChI is InChI=1S/C17H31NOS/c1-11(19)12(2)20-10-16(18-3)17-7-13-4-14(8-17)6-15(5-13)9-17/h11-16,18-19H,4-10H2,1-3H3. The minimum atomic E-state index is -0.200. The Morgan fingerprint density at radius 3 is 2.00 bits per heavy atom. The van der Waals surface area contributed by atoms with Crippen LogP contribution in [0.2, 0.25) is 0 Å². The molecular weight excluding hydrogens is 266 g/mol. The molecule has 20 heavy (non-hydrogen) atoms. The molecule has 3 atom stereocenters. The van der Waals surface area contributed by atoms with Crippen LogP contribution in [0, 0.1) is 23.2 Å². The summed E-state index contributed by atoms with van der Waals surface area (Å²) in [7, 11) is 2.15. The molecule has 3 heteroatoms. The predicted molar refractivity (Wildman–Crippen MR) is 87.1 cm³/mol. The van der Waals surface area contributed by atoms with Crippen molar-refractivity contribution in [2.75, 3.05) is 12.8 Å². The summed E-state index contributed by atoms with van der Waals surface area (Å²) in [6.45, 7) is 4.07. The molecule has 116 valence electrons. The van der Waals surface area contributed by atoms with Crippen LogP contribution >= 0.6 is 11.8 Å². The van der Waals surface area contributed by atoms with Crippen LogP contribution in [0.25, 0.3) is 0 Å². The van der Waals surface area contributed by atoms with Gasteiger partial charge in [-0.3, -0.25) is 0 Å². The first-order valence-electron chi connectivity index (χ1n) is 8.49. The summed E-state index contributed by atoms with van der Waals surface area (Å²) < 4.78 is 0. The first kappa shape index (κ1) is 15.2. The fourth-order valence-electron chi connectivity index (χ4n) is 5.56. The van der Waals surface area contributed by atoms with Crippen molar-refractivity contribution in [2.45, 2.75) is 69.8 Å². The molecule has 0 spiro atoms. The maximum atomic E-state index is 9.70. The van der Waals surface area contributed by atoms with Crippen molar-refractivity contribution in [2.24, 2.45) is 23.2 Å². The van der Waals surface area contributed by atoms with Gasteiger partial charge in [-0.05, 0) is 75.7 Å². The number of thioether (sulfide) groups is 1. The summed E-state index contributed by atoms with van der Waals surface area (Å²) in [5.74, 6) is 4.23. The van der Waals surface area contributed by atoms with Crippen LogP contribution in [0.4, 0.5) is 0 Å². The third-order valence-corrected chi connectivity index (χ3v) is 7.82. The Labute approximate surface area is 128 Å². The highest BCUT2D eigenvalue weighted by atomic mass is 32.2. The van der Waals surface area contributed by atoms with Gasteiger partial charge in [0, 0.05) is 17.0 Å². The Morgan fingerprint density at radius 1 is 1.10 bits per heavy atom. The number of aliphatic hydroxyl groups is 1. The van der Waals surface area contributed by atoms with Crippen LogP contribution in [0.1, 0.15) is 52.4 Å². The summed E-state index contributed by atoms with van der Waals surface area (Å²) in [5.41, 5.74) is 0.578. The quantitative estimate of drug-likeness (QED) is 0.789. The van der Waals surface area contributed by atoms with Crippen molar-refractivity contribution in [1.29, 1.82) is 0 Å². The van der Waals surface area contributed by atoms with Crippen LogP contribution in [-0.4, -0.2) is 35.3 Å². The van der Waals surface area contributed by atoms with Gasteiger partial charge >= 0.3 is 0 Å². The molecule has 0 aliphatic heterocycles. The zero-order valence-electron chi connectivity index (χ0n) is 13.3. The Bertz CT molecular complexity index is 309. The Hall–Kier alpha value is 0.270. The second kappa shape index (κ2) is 5.81. The topological polar surface area (TPSA) is 32.3 Å². The van der Waals surface area contributed by atoms with Crippen LogP contribution in [-0.2, 0) is 0 Å². The molecule has 0 radical (unpaired) electrons. The van der Waals surface area contributed by atoms with Crippen molar-refractivity contribution in [1.82, 2.24) is 5.32 Å². The lowest BCUT2D eigenvalue weighted by molar-refractivity contribution is -0.0682. The van der Waals surface area contributed by atoms with Crippen molar-refractivity contribution in [3.8, 4) is 0 Å². The highest BCUT2D eigenvalue weighted by Crippen LogP contribution is 2.61. The zero-order valence-corrected chi connectivity index (χ0v) is 14.1. The summed E-state index contributed by atoms with van der Waals surface area (Å²) in [5, 5.41) is 13.7. The van der Waals surface area contributed by atoms with Gasteiger partial charge in [-0.15, -0.1) is 0 Å². The van der Waals surface area contributed by atoms with Gasteiger partial charge in [0.15, 0.2) is 0 Å². The maximum Gasteiger partial charge on any atom is 0.0628 e. The lowest BCUT2D eigenvalue weighted by Crippen LogP contribution is -2.56. The first-order valence-corrected chi connectivity index (χ1v) is 9.54. The zero-order chi connectivity index (χ0) is 14.3. The van der Waals surface area contributed by atoms with E-state index in [0.29, 0.717) is 16.7 Å². The molecule has 4 rings (SSSR count). The largest absolute Gasteiger partial charge is 0.392 e. The minimum absolute atomic E-state index is 0.200. The second-order valence-electron chi connectivity index (χ2n) is 7.90. The van der Waals surface area contributed by atoms with E-state index in [-0.39, 0.29) is 6.10 Å². The van der Waals surface area contributed by atoms with Gasteiger partial charge < -0.3 is 10.4 Å². The van der Waals surface area contributed by atoms with Crippen LogP contribution < -0.4 is 5.32 Å². The molecule has 0 aromatic heterocycles. The molecule has 0 aromatic rings. The number of hydrogen-bond donors (Lipinski definition) is 2. The Balaban J connectivity index is 1.66. The predicted octanol–water partition coefficient (Wildman–Crippen LogP) is 3.29. The lowest BCUT2D eigenvalue weighted by Gasteiger charge is -2.59. The van der Waals surface area contributed by atoms with Gasteiger partial charge in [-0.2, -0.15) is 11.8 Å². The van der Waals surface area contributed by atoms with Crippen molar-refractivity contribution < 1.29 is 5.11 Å². The molecule has 4 fully saturated rings.